The van der Waals surface area contributed by atoms with Crippen LogP contribution in [0.15, 0.2) is 21.0 Å². The molecule has 0 unspecified atom stereocenters. The van der Waals surface area contributed by atoms with Gasteiger partial charge in [0.25, 0.3) is 0 Å². The number of furan rings is 1. The molecule has 2 aromatic heterocycles. The van der Waals surface area contributed by atoms with Crippen molar-refractivity contribution in [2.45, 2.75) is 47.1 Å². The highest BCUT2D eigenvalue weighted by Gasteiger charge is 2.25. The van der Waals surface area contributed by atoms with Crippen LogP contribution in [-0.4, -0.2) is 17.1 Å². The van der Waals surface area contributed by atoms with Crippen LogP contribution in [0, 0.1) is 13.8 Å². The molecule has 0 saturated heterocycles. The summed E-state index contributed by atoms with van der Waals surface area (Å²) in [6.07, 6.45) is 2.16. The maximum absolute atomic E-state index is 12.6. The number of hydrogen-bond acceptors (Lipinski definition) is 3. The summed E-state index contributed by atoms with van der Waals surface area (Å²) in [7, 11) is 0. The van der Waals surface area contributed by atoms with Crippen molar-refractivity contribution in [2.75, 3.05) is 6.61 Å². The summed E-state index contributed by atoms with van der Waals surface area (Å²) in [5.74, 6) is 0.560. The Morgan fingerprint density at radius 2 is 2.04 bits per heavy atom. The maximum Gasteiger partial charge on any atom is 0.340 e. The largest absolute Gasteiger partial charge is 0.462 e. The average Bonchev–Trinajstić information content (AvgIpc) is 3.04. The third-order valence-electron chi connectivity index (χ3n) is 4.38. The summed E-state index contributed by atoms with van der Waals surface area (Å²) in [6, 6.07) is 4.04. The Kier molecular flexibility index (Phi) is 4.72. The van der Waals surface area contributed by atoms with E-state index in [1.54, 1.807) is 0 Å². The van der Waals surface area contributed by atoms with Gasteiger partial charge in [-0.1, -0.05) is 13.3 Å². The minimum atomic E-state index is -0.266. The molecule has 0 N–H and O–H groups in total. The first-order valence-electron chi connectivity index (χ1n) is 8.38. The number of aromatic nitrogens is 1. The van der Waals surface area contributed by atoms with Crippen LogP contribution in [0.25, 0.3) is 21.9 Å². The predicted molar refractivity (Wildman–Crippen MR) is 99.7 cm³/mol. The number of benzene rings is 1. The molecule has 3 aromatic rings. The molecular formula is C19H22BrNO3. The van der Waals surface area contributed by atoms with Gasteiger partial charge >= 0.3 is 5.97 Å². The number of nitrogens with zero attached hydrogens (tertiary/aromatic N) is 1. The number of esters is 1. The fraction of sp³-hybridized carbons (Fsp3) is 0.421. The minimum absolute atomic E-state index is 0.266. The molecule has 3 rings (SSSR count). The summed E-state index contributed by atoms with van der Waals surface area (Å²) in [5, 5.41) is 1.88. The monoisotopic (exact) mass is 391 g/mol. The number of carbonyl (C=O) groups excluding carboxylic acids is 1. The number of unbranched alkanes of at least 4 members (excludes halogenated alkanes) is 1. The molecular weight excluding hydrogens is 370 g/mol. The van der Waals surface area contributed by atoms with E-state index in [2.05, 4.69) is 27.4 Å². The summed E-state index contributed by atoms with van der Waals surface area (Å²) >= 11 is 3.61. The molecule has 0 aliphatic carbocycles. The fourth-order valence-electron chi connectivity index (χ4n) is 3.30. The molecule has 0 radical (unpaired) electrons. The van der Waals surface area contributed by atoms with Crippen molar-refractivity contribution in [1.29, 1.82) is 0 Å². The fourth-order valence-corrected chi connectivity index (χ4v) is 3.81. The Bertz CT molecular complexity index is 920. The third kappa shape index (κ3) is 2.65. The summed E-state index contributed by atoms with van der Waals surface area (Å²) < 4.78 is 14.3. The van der Waals surface area contributed by atoms with Gasteiger partial charge < -0.3 is 13.7 Å². The molecule has 0 aliphatic rings. The van der Waals surface area contributed by atoms with Crippen molar-refractivity contribution < 1.29 is 13.9 Å². The smallest absolute Gasteiger partial charge is 0.340 e. The lowest BCUT2D eigenvalue weighted by Crippen LogP contribution is -2.07. The second kappa shape index (κ2) is 6.63. The Hall–Kier alpha value is -1.75. The molecule has 5 heteroatoms. The topological polar surface area (TPSA) is 44.4 Å². The van der Waals surface area contributed by atoms with Crippen LogP contribution < -0.4 is 0 Å². The molecule has 2 heterocycles. The van der Waals surface area contributed by atoms with Crippen molar-refractivity contribution in [3.8, 4) is 0 Å². The van der Waals surface area contributed by atoms with Crippen LogP contribution in [0.1, 0.15) is 48.5 Å². The van der Waals surface area contributed by atoms with Crippen molar-refractivity contribution in [3.63, 3.8) is 0 Å². The summed E-state index contributed by atoms with van der Waals surface area (Å²) in [5.41, 5.74) is 3.43. The average molecular weight is 392 g/mol. The lowest BCUT2D eigenvalue weighted by molar-refractivity contribution is 0.0527. The SMILES string of the molecule is CCCCn1c(C)c(C(=O)OCC)c2c3cc(C)oc3c(Br)cc21. The van der Waals surface area contributed by atoms with Gasteiger partial charge in [-0.3, -0.25) is 0 Å². The zero-order chi connectivity index (χ0) is 17.4. The van der Waals surface area contributed by atoms with Gasteiger partial charge in [0.1, 0.15) is 11.3 Å². The number of fused-ring (bicyclic) bond motifs is 3. The molecule has 1 aromatic carbocycles. The number of rotatable bonds is 5. The van der Waals surface area contributed by atoms with E-state index in [1.165, 1.54) is 0 Å². The molecule has 0 atom stereocenters. The Morgan fingerprint density at radius 3 is 2.71 bits per heavy atom. The van der Waals surface area contributed by atoms with Gasteiger partial charge in [0.05, 0.1) is 22.2 Å². The first-order chi connectivity index (χ1) is 11.5. The normalized spacial score (nSPS) is 11.5. The quantitative estimate of drug-likeness (QED) is 0.520. The molecule has 24 heavy (non-hydrogen) atoms. The van der Waals surface area contributed by atoms with Crippen LogP contribution in [0.4, 0.5) is 0 Å². The summed E-state index contributed by atoms with van der Waals surface area (Å²) in [6.45, 7) is 9.16. The highest BCUT2D eigenvalue weighted by Crippen LogP contribution is 2.39. The second-order valence-electron chi connectivity index (χ2n) is 6.04. The van der Waals surface area contributed by atoms with Crippen LogP contribution in [0.3, 0.4) is 0 Å². The van der Waals surface area contributed by atoms with E-state index >= 15 is 0 Å². The van der Waals surface area contributed by atoms with Crippen molar-refractivity contribution in [1.82, 2.24) is 4.57 Å². The molecule has 0 spiro atoms. The number of aryl methyl sites for hydroxylation is 2. The van der Waals surface area contributed by atoms with E-state index in [9.17, 15) is 4.79 Å². The number of halogens is 1. The van der Waals surface area contributed by atoms with Gasteiger partial charge in [-0.15, -0.1) is 0 Å². The molecule has 128 valence electrons. The number of hydrogen-bond donors (Lipinski definition) is 0. The van der Waals surface area contributed by atoms with Crippen LogP contribution in [-0.2, 0) is 11.3 Å². The Morgan fingerprint density at radius 1 is 1.29 bits per heavy atom. The molecule has 0 saturated carbocycles. The van der Waals surface area contributed by atoms with Crippen LogP contribution in [0.5, 0.6) is 0 Å². The Balaban J connectivity index is 2.40. The van der Waals surface area contributed by atoms with Gasteiger partial charge in [0.15, 0.2) is 0 Å². The van der Waals surface area contributed by atoms with Gasteiger partial charge in [-0.05, 0) is 55.3 Å². The Labute approximate surface area is 149 Å². The molecule has 0 aliphatic heterocycles. The first kappa shape index (κ1) is 17.1. The van der Waals surface area contributed by atoms with E-state index in [0.29, 0.717) is 12.2 Å². The van der Waals surface area contributed by atoms with E-state index in [-0.39, 0.29) is 5.97 Å². The van der Waals surface area contributed by atoms with Gasteiger partial charge in [0.2, 0.25) is 0 Å². The van der Waals surface area contributed by atoms with Crippen LogP contribution in [0.2, 0.25) is 0 Å². The van der Waals surface area contributed by atoms with Crippen LogP contribution >= 0.6 is 15.9 Å². The van der Waals surface area contributed by atoms with E-state index in [4.69, 9.17) is 9.15 Å². The lowest BCUT2D eigenvalue weighted by Gasteiger charge is -2.08. The van der Waals surface area contributed by atoms with Gasteiger partial charge in [-0.25, -0.2) is 4.79 Å². The molecule has 0 amide bonds. The molecule has 4 nitrogen and oxygen atoms in total. The first-order valence-corrected chi connectivity index (χ1v) is 9.17. The molecule has 0 fully saturated rings. The predicted octanol–water partition coefficient (Wildman–Crippen LogP) is 5.74. The van der Waals surface area contributed by atoms with Crippen molar-refractivity contribution in [2.24, 2.45) is 0 Å². The highest BCUT2D eigenvalue weighted by atomic mass is 79.9. The van der Waals surface area contributed by atoms with Gasteiger partial charge in [-0.2, -0.15) is 0 Å². The third-order valence-corrected chi connectivity index (χ3v) is 4.97. The highest BCUT2D eigenvalue weighted by molar-refractivity contribution is 9.10. The van der Waals surface area contributed by atoms with E-state index in [0.717, 1.165) is 57.2 Å². The lowest BCUT2D eigenvalue weighted by atomic mass is 10.1. The van der Waals surface area contributed by atoms with E-state index < -0.39 is 0 Å². The second-order valence-corrected chi connectivity index (χ2v) is 6.89. The summed E-state index contributed by atoms with van der Waals surface area (Å²) in [4.78, 5) is 12.6. The standard InChI is InChI=1S/C19H22BrNO3/c1-5-7-8-21-12(4)16(19(22)23-6-2)17-13-9-11(3)24-18(13)14(20)10-15(17)21/h9-10H,5-8H2,1-4H3. The maximum atomic E-state index is 12.6. The number of carbonyl (C=O) groups is 1. The number of ether oxygens (including phenoxy) is 1. The zero-order valence-corrected chi connectivity index (χ0v) is 16.1. The van der Waals surface area contributed by atoms with Gasteiger partial charge in [0, 0.05) is 23.0 Å². The van der Waals surface area contributed by atoms with E-state index in [1.807, 2.05) is 32.9 Å². The minimum Gasteiger partial charge on any atom is -0.462 e. The zero-order valence-electron chi connectivity index (χ0n) is 14.5. The van der Waals surface area contributed by atoms with Crippen molar-refractivity contribution in [3.05, 3.63) is 33.6 Å². The molecule has 0 bridgehead atoms. The van der Waals surface area contributed by atoms with Crippen molar-refractivity contribution >= 4 is 43.8 Å².